The number of likely N-dealkylation sites (N-methyl/N-ethyl adjacent to an activating group) is 1. The second kappa shape index (κ2) is 5.75. The first-order valence-corrected chi connectivity index (χ1v) is 6.63. The lowest BCUT2D eigenvalue weighted by Gasteiger charge is -2.31. The summed E-state index contributed by atoms with van der Waals surface area (Å²) in [4.78, 5) is 11.8. The number of carbonyl (C=O) groups excluding carboxylic acids is 1. The summed E-state index contributed by atoms with van der Waals surface area (Å²) in [5.41, 5.74) is 4.40. The molecule has 6 heteroatoms. The minimum Gasteiger partial charge on any atom is -0.485 e. The Morgan fingerprint density at radius 2 is 2.05 bits per heavy atom. The van der Waals surface area contributed by atoms with Crippen molar-refractivity contribution in [3.63, 3.8) is 0 Å². The van der Waals surface area contributed by atoms with Crippen LogP contribution in [0, 0.1) is 17.6 Å². The first kappa shape index (κ1) is 14.7. The molecule has 110 valence electrons. The SMILES string of the molecule is CCNC(COc1c(F)cccc1F)(C(N)=O)C1CC1. The van der Waals surface area contributed by atoms with Crippen LogP contribution in [0.25, 0.3) is 0 Å². The summed E-state index contributed by atoms with van der Waals surface area (Å²) in [6.45, 7) is 2.17. The molecule has 0 radical (unpaired) electrons. The number of ether oxygens (including phenoxy) is 1. The number of amides is 1. The molecule has 3 N–H and O–H groups in total. The molecule has 4 nitrogen and oxygen atoms in total. The molecule has 1 unspecified atom stereocenters. The molecule has 0 heterocycles. The Hall–Kier alpha value is -1.69. The highest BCUT2D eigenvalue weighted by Gasteiger charge is 2.50. The van der Waals surface area contributed by atoms with Gasteiger partial charge in [0.25, 0.3) is 0 Å². The van der Waals surface area contributed by atoms with Crippen LogP contribution in [-0.4, -0.2) is 24.6 Å². The standard InChI is InChI=1S/C14H18F2N2O2/c1-2-18-14(13(17)19,9-6-7-9)8-20-12-10(15)4-3-5-11(12)16/h3-5,9,18H,2,6-8H2,1H3,(H2,17,19). The van der Waals surface area contributed by atoms with Gasteiger partial charge in [-0.05, 0) is 37.4 Å². The maximum Gasteiger partial charge on any atom is 0.241 e. The molecule has 0 saturated heterocycles. The van der Waals surface area contributed by atoms with Crippen molar-refractivity contribution >= 4 is 5.91 Å². The van der Waals surface area contributed by atoms with Crippen molar-refractivity contribution in [1.29, 1.82) is 0 Å². The number of hydrogen-bond acceptors (Lipinski definition) is 3. The van der Waals surface area contributed by atoms with Crippen LogP contribution in [-0.2, 0) is 4.79 Å². The fourth-order valence-corrected chi connectivity index (χ4v) is 2.37. The lowest BCUT2D eigenvalue weighted by atomic mass is 9.93. The van der Waals surface area contributed by atoms with E-state index in [1.165, 1.54) is 6.07 Å². The third kappa shape index (κ3) is 2.75. The van der Waals surface area contributed by atoms with Crippen LogP contribution in [0.3, 0.4) is 0 Å². The molecule has 1 saturated carbocycles. The van der Waals surface area contributed by atoms with E-state index >= 15 is 0 Å². The summed E-state index contributed by atoms with van der Waals surface area (Å²) in [6, 6.07) is 3.47. The molecule has 20 heavy (non-hydrogen) atoms. The van der Waals surface area contributed by atoms with Crippen LogP contribution in [0.15, 0.2) is 18.2 Å². The van der Waals surface area contributed by atoms with Gasteiger partial charge in [-0.2, -0.15) is 0 Å². The van der Waals surface area contributed by atoms with E-state index in [0.29, 0.717) is 6.54 Å². The number of hydrogen-bond donors (Lipinski definition) is 2. The molecule has 0 aromatic heterocycles. The minimum absolute atomic E-state index is 0.0507. The molecular formula is C14H18F2N2O2. The predicted molar refractivity (Wildman–Crippen MR) is 70.2 cm³/mol. The van der Waals surface area contributed by atoms with Gasteiger partial charge in [-0.3, -0.25) is 4.79 Å². The number of nitrogens with one attached hydrogen (secondary N) is 1. The number of benzene rings is 1. The van der Waals surface area contributed by atoms with Gasteiger partial charge in [-0.15, -0.1) is 0 Å². The second-order valence-corrected chi connectivity index (χ2v) is 4.98. The van der Waals surface area contributed by atoms with Crippen LogP contribution in [0.4, 0.5) is 8.78 Å². The molecule has 1 atom stereocenters. The summed E-state index contributed by atoms with van der Waals surface area (Å²) in [6.07, 6.45) is 1.69. The minimum atomic E-state index is -1.07. The molecule has 1 fully saturated rings. The Balaban J connectivity index is 2.18. The average molecular weight is 284 g/mol. The molecule has 1 aliphatic rings. The fourth-order valence-electron chi connectivity index (χ4n) is 2.37. The smallest absolute Gasteiger partial charge is 0.241 e. The van der Waals surface area contributed by atoms with Gasteiger partial charge in [0.05, 0.1) is 0 Å². The average Bonchev–Trinajstić information content (AvgIpc) is 3.21. The van der Waals surface area contributed by atoms with Crippen molar-refractivity contribution in [2.24, 2.45) is 11.7 Å². The maximum absolute atomic E-state index is 13.5. The summed E-state index contributed by atoms with van der Waals surface area (Å²) < 4.78 is 32.3. The van der Waals surface area contributed by atoms with E-state index in [2.05, 4.69) is 5.32 Å². The van der Waals surface area contributed by atoms with Crippen molar-refractivity contribution in [2.45, 2.75) is 25.3 Å². The van der Waals surface area contributed by atoms with Gasteiger partial charge in [0.15, 0.2) is 17.4 Å². The van der Waals surface area contributed by atoms with Gasteiger partial charge in [-0.1, -0.05) is 13.0 Å². The normalized spacial score (nSPS) is 17.6. The van der Waals surface area contributed by atoms with E-state index < -0.39 is 28.8 Å². The highest BCUT2D eigenvalue weighted by molar-refractivity contribution is 5.85. The Morgan fingerprint density at radius 3 is 2.50 bits per heavy atom. The van der Waals surface area contributed by atoms with Gasteiger partial charge in [-0.25, -0.2) is 8.78 Å². The Bertz CT molecular complexity index is 486. The molecule has 1 amide bonds. The Labute approximate surface area is 116 Å². The second-order valence-electron chi connectivity index (χ2n) is 4.98. The molecule has 0 spiro atoms. The van der Waals surface area contributed by atoms with Gasteiger partial charge in [0, 0.05) is 0 Å². The van der Waals surface area contributed by atoms with Crippen LogP contribution in [0.1, 0.15) is 19.8 Å². The van der Waals surface area contributed by atoms with Gasteiger partial charge < -0.3 is 15.8 Å². The number of primary amides is 1. The summed E-state index contributed by atoms with van der Waals surface area (Å²) in [5, 5.41) is 3.02. The molecule has 1 aromatic carbocycles. The van der Waals surface area contributed by atoms with E-state index in [0.717, 1.165) is 25.0 Å². The van der Waals surface area contributed by atoms with Crippen molar-refractivity contribution < 1.29 is 18.3 Å². The quantitative estimate of drug-likeness (QED) is 0.799. The Kier molecular flexibility index (Phi) is 4.23. The zero-order valence-electron chi connectivity index (χ0n) is 11.3. The summed E-state index contributed by atoms with van der Waals surface area (Å²) in [5.74, 6) is -2.57. The molecule has 0 bridgehead atoms. The molecular weight excluding hydrogens is 266 g/mol. The van der Waals surface area contributed by atoms with Crippen molar-refractivity contribution in [1.82, 2.24) is 5.32 Å². The van der Waals surface area contributed by atoms with Crippen molar-refractivity contribution in [3.8, 4) is 5.75 Å². The highest BCUT2D eigenvalue weighted by Crippen LogP contribution is 2.40. The van der Waals surface area contributed by atoms with Crippen LogP contribution < -0.4 is 15.8 Å². The third-order valence-corrected chi connectivity index (χ3v) is 3.57. The number of carbonyl (C=O) groups is 1. The largest absolute Gasteiger partial charge is 0.485 e. The monoisotopic (exact) mass is 284 g/mol. The van der Waals surface area contributed by atoms with E-state index in [-0.39, 0.29) is 12.5 Å². The topological polar surface area (TPSA) is 64.3 Å². The number of nitrogens with two attached hydrogens (primary N) is 1. The number of para-hydroxylation sites is 1. The fraction of sp³-hybridized carbons (Fsp3) is 0.500. The maximum atomic E-state index is 13.5. The summed E-state index contributed by atoms with van der Waals surface area (Å²) >= 11 is 0. The van der Waals surface area contributed by atoms with E-state index in [4.69, 9.17) is 10.5 Å². The van der Waals surface area contributed by atoms with Gasteiger partial charge in [0.2, 0.25) is 5.91 Å². The molecule has 1 aliphatic carbocycles. The lowest BCUT2D eigenvalue weighted by Crippen LogP contribution is -2.61. The van der Waals surface area contributed by atoms with Gasteiger partial charge >= 0.3 is 0 Å². The zero-order chi connectivity index (χ0) is 14.8. The molecule has 1 aromatic rings. The van der Waals surface area contributed by atoms with Crippen molar-refractivity contribution in [3.05, 3.63) is 29.8 Å². The number of rotatable bonds is 7. The van der Waals surface area contributed by atoms with E-state index in [9.17, 15) is 13.6 Å². The highest BCUT2D eigenvalue weighted by atomic mass is 19.1. The Morgan fingerprint density at radius 1 is 1.45 bits per heavy atom. The van der Waals surface area contributed by atoms with E-state index in [1.807, 2.05) is 6.92 Å². The first-order chi connectivity index (χ1) is 9.51. The first-order valence-electron chi connectivity index (χ1n) is 6.63. The summed E-state index contributed by atoms with van der Waals surface area (Å²) in [7, 11) is 0. The molecule has 0 aliphatic heterocycles. The van der Waals surface area contributed by atoms with Crippen LogP contribution in [0.2, 0.25) is 0 Å². The number of halogens is 2. The third-order valence-electron chi connectivity index (χ3n) is 3.57. The zero-order valence-corrected chi connectivity index (χ0v) is 11.3. The predicted octanol–water partition coefficient (Wildman–Crippen LogP) is 1.59. The van der Waals surface area contributed by atoms with Crippen LogP contribution >= 0.6 is 0 Å². The van der Waals surface area contributed by atoms with Crippen LogP contribution in [0.5, 0.6) is 5.75 Å². The van der Waals surface area contributed by atoms with Gasteiger partial charge in [0.1, 0.15) is 12.1 Å². The lowest BCUT2D eigenvalue weighted by molar-refractivity contribution is -0.126. The molecule has 2 rings (SSSR count). The van der Waals surface area contributed by atoms with Crippen molar-refractivity contribution in [2.75, 3.05) is 13.2 Å². The van der Waals surface area contributed by atoms with E-state index in [1.54, 1.807) is 0 Å².